The van der Waals surface area contributed by atoms with E-state index in [1.165, 1.54) is 12.1 Å². The molecule has 0 amide bonds. The van der Waals surface area contributed by atoms with Gasteiger partial charge in [0.25, 0.3) is 0 Å². The molecule has 0 radical (unpaired) electrons. The van der Waals surface area contributed by atoms with Crippen molar-refractivity contribution in [2.45, 2.75) is 19.5 Å². The van der Waals surface area contributed by atoms with Crippen LogP contribution >= 0.6 is 0 Å². The summed E-state index contributed by atoms with van der Waals surface area (Å²) in [4.78, 5) is 10.8. The van der Waals surface area contributed by atoms with Crippen molar-refractivity contribution in [2.24, 2.45) is 0 Å². The number of carboxylic acid groups (broad SMARTS) is 1. The van der Waals surface area contributed by atoms with Crippen molar-refractivity contribution >= 4 is 5.97 Å². The van der Waals surface area contributed by atoms with Gasteiger partial charge in [0.1, 0.15) is 0 Å². The van der Waals surface area contributed by atoms with Crippen LogP contribution in [-0.4, -0.2) is 21.3 Å². The molecule has 7 heteroatoms. The normalized spacial score (nSPS) is 11.6. The monoisotopic (exact) mass is 284 g/mol. The minimum atomic E-state index is -4.45. The zero-order valence-corrected chi connectivity index (χ0v) is 10.5. The van der Waals surface area contributed by atoms with E-state index < -0.39 is 17.7 Å². The molecule has 4 nitrogen and oxygen atoms in total. The van der Waals surface area contributed by atoms with Crippen molar-refractivity contribution in [3.63, 3.8) is 0 Å². The molecule has 0 aliphatic rings. The van der Waals surface area contributed by atoms with Gasteiger partial charge in [0.15, 0.2) is 0 Å². The third kappa shape index (κ3) is 2.81. The van der Waals surface area contributed by atoms with Gasteiger partial charge in [-0.1, -0.05) is 12.1 Å². The van der Waals surface area contributed by atoms with E-state index in [0.717, 1.165) is 12.1 Å². The smallest absolute Gasteiger partial charge is 0.416 e. The minimum Gasteiger partial charge on any atom is -0.481 e. The van der Waals surface area contributed by atoms with Crippen molar-refractivity contribution in [1.82, 2.24) is 10.2 Å². The summed E-state index contributed by atoms with van der Waals surface area (Å²) in [6.45, 7) is 1.63. The van der Waals surface area contributed by atoms with E-state index in [2.05, 4.69) is 10.2 Å². The predicted molar refractivity (Wildman–Crippen MR) is 65.1 cm³/mol. The van der Waals surface area contributed by atoms with Crippen LogP contribution in [0.5, 0.6) is 0 Å². The molecule has 0 atom stereocenters. The molecule has 2 N–H and O–H groups in total. The zero-order valence-electron chi connectivity index (χ0n) is 10.5. The highest BCUT2D eigenvalue weighted by atomic mass is 19.4. The van der Waals surface area contributed by atoms with Gasteiger partial charge >= 0.3 is 12.1 Å². The number of hydrogen-bond donors (Lipinski definition) is 2. The van der Waals surface area contributed by atoms with Crippen molar-refractivity contribution in [2.75, 3.05) is 0 Å². The lowest BCUT2D eigenvalue weighted by Gasteiger charge is -2.08. The lowest BCUT2D eigenvalue weighted by molar-refractivity contribution is -0.138. The van der Waals surface area contributed by atoms with Crippen molar-refractivity contribution in [1.29, 1.82) is 0 Å². The molecule has 0 spiro atoms. The SMILES string of the molecule is Cc1[nH]nc(-c2cccc(C(F)(F)F)c2)c1CC(=O)O. The number of alkyl halides is 3. The van der Waals surface area contributed by atoms with E-state index in [1.807, 2.05) is 0 Å². The Labute approximate surface area is 112 Å². The number of aliphatic carboxylic acids is 1. The molecule has 0 saturated heterocycles. The number of nitrogens with one attached hydrogen (secondary N) is 1. The van der Waals surface area contributed by atoms with Crippen LogP contribution in [-0.2, 0) is 17.4 Å². The first kappa shape index (κ1) is 14.1. The Bertz CT molecular complexity index is 647. The lowest BCUT2D eigenvalue weighted by atomic mass is 10.0. The van der Waals surface area contributed by atoms with Gasteiger partial charge in [-0.15, -0.1) is 0 Å². The highest BCUT2D eigenvalue weighted by molar-refractivity contribution is 5.75. The lowest BCUT2D eigenvalue weighted by Crippen LogP contribution is -2.05. The number of aromatic nitrogens is 2. The van der Waals surface area contributed by atoms with Crippen LogP contribution in [0.1, 0.15) is 16.8 Å². The first-order valence-corrected chi connectivity index (χ1v) is 5.72. The molecular formula is C13H11F3N2O2. The number of hydrogen-bond acceptors (Lipinski definition) is 2. The Morgan fingerprint density at radius 3 is 2.70 bits per heavy atom. The molecule has 1 aromatic carbocycles. The number of rotatable bonds is 3. The molecule has 2 aromatic rings. The summed E-state index contributed by atoms with van der Waals surface area (Å²) in [6, 6.07) is 4.66. The largest absolute Gasteiger partial charge is 0.481 e. The molecule has 0 fully saturated rings. The van der Waals surface area contributed by atoms with E-state index >= 15 is 0 Å². The number of carboxylic acids is 1. The second kappa shape index (κ2) is 4.99. The summed E-state index contributed by atoms with van der Waals surface area (Å²) in [6.07, 6.45) is -4.75. The van der Waals surface area contributed by atoms with E-state index in [4.69, 9.17) is 5.11 Å². The number of aromatic amines is 1. The first-order valence-electron chi connectivity index (χ1n) is 5.72. The van der Waals surface area contributed by atoms with Crippen LogP contribution in [0.25, 0.3) is 11.3 Å². The molecule has 0 bridgehead atoms. The minimum absolute atomic E-state index is 0.232. The van der Waals surface area contributed by atoms with Gasteiger partial charge in [0.2, 0.25) is 0 Å². The molecule has 0 aliphatic heterocycles. The molecule has 2 rings (SSSR count). The zero-order chi connectivity index (χ0) is 14.9. The second-order valence-electron chi connectivity index (χ2n) is 4.32. The summed E-state index contributed by atoms with van der Waals surface area (Å²) in [7, 11) is 0. The van der Waals surface area contributed by atoms with E-state index in [-0.39, 0.29) is 17.7 Å². The van der Waals surface area contributed by atoms with Crippen LogP contribution in [0.3, 0.4) is 0 Å². The van der Waals surface area contributed by atoms with Gasteiger partial charge in [-0.2, -0.15) is 18.3 Å². The van der Waals surface area contributed by atoms with E-state index in [1.54, 1.807) is 6.92 Å². The van der Waals surface area contributed by atoms with E-state index in [0.29, 0.717) is 11.3 Å². The third-order valence-electron chi connectivity index (χ3n) is 2.87. The van der Waals surface area contributed by atoms with Gasteiger partial charge in [-0.3, -0.25) is 9.89 Å². The van der Waals surface area contributed by atoms with Crippen LogP contribution in [0.4, 0.5) is 13.2 Å². The van der Waals surface area contributed by atoms with Gasteiger partial charge in [0.05, 0.1) is 17.7 Å². The van der Waals surface area contributed by atoms with Crippen LogP contribution in [0.2, 0.25) is 0 Å². The number of nitrogens with zero attached hydrogens (tertiary/aromatic N) is 1. The predicted octanol–water partition coefficient (Wildman–Crippen LogP) is 3.03. The number of carbonyl (C=O) groups is 1. The summed E-state index contributed by atoms with van der Waals surface area (Å²) in [5.41, 5.74) is 0.588. The Hall–Kier alpha value is -2.31. The van der Waals surface area contributed by atoms with Gasteiger partial charge in [-0.05, 0) is 19.1 Å². The second-order valence-corrected chi connectivity index (χ2v) is 4.32. The molecule has 0 unspecified atom stereocenters. The molecular weight excluding hydrogens is 273 g/mol. The summed E-state index contributed by atoms with van der Waals surface area (Å²) in [5, 5.41) is 15.4. The molecule has 1 aromatic heterocycles. The van der Waals surface area contributed by atoms with E-state index in [9.17, 15) is 18.0 Å². The average Bonchev–Trinajstić information content (AvgIpc) is 2.70. The number of benzene rings is 1. The maximum atomic E-state index is 12.7. The molecule has 20 heavy (non-hydrogen) atoms. The molecule has 106 valence electrons. The van der Waals surface area contributed by atoms with Gasteiger partial charge < -0.3 is 5.11 Å². The topological polar surface area (TPSA) is 66.0 Å². The molecule has 1 heterocycles. The Balaban J connectivity index is 2.50. The summed E-state index contributed by atoms with van der Waals surface area (Å²) < 4.78 is 38.0. The van der Waals surface area contributed by atoms with Crippen LogP contribution < -0.4 is 0 Å². The maximum absolute atomic E-state index is 12.7. The number of halogens is 3. The fourth-order valence-electron chi connectivity index (χ4n) is 1.90. The molecule has 0 aliphatic carbocycles. The standard InChI is InChI=1S/C13H11F3N2O2/c1-7-10(6-11(19)20)12(18-17-7)8-3-2-4-9(5-8)13(14,15)16/h2-5H,6H2,1H3,(H,17,18)(H,19,20). The quantitative estimate of drug-likeness (QED) is 0.910. The number of aryl methyl sites for hydroxylation is 1. The van der Waals surface area contributed by atoms with Crippen LogP contribution in [0, 0.1) is 6.92 Å². The highest BCUT2D eigenvalue weighted by Crippen LogP contribution is 2.33. The van der Waals surface area contributed by atoms with Crippen molar-refractivity contribution < 1.29 is 23.1 Å². The maximum Gasteiger partial charge on any atom is 0.416 e. The molecule has 0 saturated carbocycles. The van der Waals surface area contributed by atoms with Gasteiger partial charge in [-0.25, -0.2) is 0 Å². The summed E-state index contributed by atoms with van der Waals surface area (Å²) in [5.74, 6) is -1.07. The average molecular weight is 284 g/mol. The third-order valence-corrected chi connectivity index (χ3v) is 2.87. The fourth-order valence-corrected chi connectivity index (χ4v) is 1.90. The number of H-pyrrole nitrogens is 1. The highest BCUT2D eigenvalue weighted by Gasteiger charge is 2.30. The van der Waals surface area contributed by atoms with Crippen molar-refractivity contribution in [3.8, 4) is 11.3 Å². The Morgan fingerprint density at radius 1 is 1.40 bits per heavy atom. The van der Waals surface area contributed by atoms with Crippen molar-refractivity contribution in [3.05, 3.63) is 41.1 Å². The fraction of sp³-hybridized carbons (Fsp3) is 0.231. The van der Waals surface area contributed by atoms with Crippen LogP contribution in [0.15, 0.2) is 24.3 Å². The summed E-state index contributed by atoms with van der Waals surface area (Å²) >= 11 is 0. The first-order chi connectivity index (χ1) is 9.29. The Morgan fingerprint density at radius 2 is 2.10 bits per heavy atom. The van der Waals surface area contributed by atoms with Gasteiger partial charge in [0, 0.05) is 16.8 Å². The Kier molecular flexibility index (Phi) is 3.52.